The van der Waals surface area contributed by atoms with Crippen LogP contribution in [0, 0.1) is 39.9 Å². The number of hydrogen-bond donors (Lipinski definition) is 3. The molecular weight excluding hydrogens is 312 g/mol. The van der Waals surface area contributed by atoms with Crippen LogP contribution in [0.1, 0.15) is 71.6 Å². The minimum atomic E-state index is 0.0196. The zero-order valence-electron chi connectivity index (χ0n) is 16.0. The molecule has 0 bridgehead atoms. The maximum absolute atomic E-state index is 12.4. The highest BCUT2D eigenvalue weighted by Gasteiger charge is 2.59. The number of aliphatic hydroxyl groups is 1. The summed E-state index contributed by atoms with van der Waals surface area (Å²) in [4.78, 5) is 12.4. The summed E-state index contributed by atoms with van der Waals surface area (Å²) in [5, 5.41) is 15.8. The molecule has 0 saturated heterocycles. The topological polar surface area (TPSA) is 87.2 Å². The molecule has 0 aromatic rings. The van der Waals surface area contributed by atoms with Gasteiger partial charge in [0, 0.05) is 24.1 Å². The Bertz CT molecular complexity index is 532. The summed E-state index contributed by atoms with van der Waals surface area (Å²) in [6, 6.07) is 0. The van der Waals surface area contributed by atoms with Gasteiger partial charge in [0.05, 0.1) is 6.61 Å². The number of rotatable bonds is 1. The first-order chi connectivity index (χ1) is 11.9. The Morgan fingerprint density at radius 2 is 1.84 bits per heavy atom. The third kappa shape index (κ3) is 3.10. The molecule has 0 heterocycles. The molecule has 142 valence electrons. The molecule has 4 N–H and O–H groups in total. The summed E-state index contributed by atoms with van der Waals surface area (Å²) in [6.45, 7) is 5.27. The van der Waals surface area contributed by atoms with Crippen molar-refractivity contribution in [2.24, 2.45) is 40.2 Å². The molecule has 0 spiro atoms. The molecule has 0 amide bonds. The summed E-state index contributed by atoms with van der Waals surface area (Å²) in [5.74, 6) is 3.60. The van der Waals surface area contributed by atoms with E-state index < -0.39 is 0 Å². The Hall–Kier alpha value is -0.740. The Labute approximate surface area is 152 Å². The molecule has 6 atom stereocenters. The van der Waals surface area contributed by atoms with Gasteiger partial charge >= 0.3 is 0 Å². The van der Waals surface area contributed by atoms with Crippen LogP contribution in [0.4, 0.5) is 0 Å². The van der Waals surface area contributed by atoms with Gasteiger partial charge in [-0.3, -0.25) is 4.79 Å². The Morgan fingerprint density at radius 3 is 2.52 bits per heavy atom. The van der Waals surface area contributed by atoms with Gasteiger partial charge in [-0.2, -0.15) is 0 Å². The second-order valence-corrected chi connectivity index (χ2v) is 9.39. The lowest BCUT2D eigenvalue weighted by atomic mass is 9.45. The molecule has 25 heavy (non-hydrogen) atoms. The van der Waals surface area contributed by atoms with Gasteiger partial charge in [-0.25, -0.2) is 0 Å². The smallest absolute Gasteiger partial charge is 0.139 e. The van der Waals surface area contributed by atoms with E-state index in [2.05, 4.69) is 13.8 Å². The molecule has 0 aromatic heterocycles. The molecule has 4 saturated carbocycles. The number of nitrogens with two attached hydrogens (primary N) is 1. The van der Waals surface area contributed by atoms with Crippen LogP contribution < -0.4 is 5.73 Å². The molecule has 4 heteroatoms. The van der Waals surface area contributed by atoms with Crippen molar-refractivity contribution in [3.05, 3.63) is 0 Å². The van der Waals surface area contributed by atoms with Gasteiger partial charge in [-0.15, -0.1) is 0 Å². The lowest BCUT2D eigenvalue weighted by molar-refractivity contribution is -0.136. The first-order valence-electron chi connectivity index (χ1n) is 10.3. The number of hydrogen-bond acceptors (Lipinski definition) is 4. The molecule has 4 aliphatic rings. The van der Waals surface area contributed by atoms with Crippen molar-refractivity contribution < 1.29 is 9.90 Å². The Morgan fingerprint density at radius 1 is 1.12 bits per heavy atom. The molecule has 4 rings (SSSR count). The largest absolute Gasteiger partial charge is 0.395 e. The Kier molecular flexibility index (Phi) is 5.41. The van der Waals surface area contributed by atoms with Gasteiger partial charge in [-0.1, -0.05) is 13.8 Å². The zero-order valence-corrected chi connectivity index (χ0v) is 16.0. The first-order valence-corrected chi connectivity index (χ1v) is 10.3. The van der Waals surface area contributed by atoms with E-state index in [1.54, 1.807) is 0 Å². The summed E-state index contributed by atoms with van der Waals surface area (Å²) in [6.07, 6.45) is 10.3. The number of Topliss-reactive ketones (excluding diaryl/α,β-unsaturated/α-hetero) is 1. The second-order valence-electron chi connectivity index (χ2n) is 9.39. The van der Waals surface area contributed by atoms with Crippen LogP contribution in [0.2, 0.25) is 0 Å². The van der Waals surface area contributed by atoms with Gasteiger partial charge in [0.25, 0.3) is 0 Å². The predicted molar refractivity (Wildman–Crippen MR) is 101 cm³/mol. The van der Waals surface area contributed by atoms with Crippen molar-refractivity contribution in [2.45, 2.75) is 71.6 Å². The molecule has 4 aliphatic carbocycles. The van der Waals surface area contributed by atoms with E-state index in [9.17, 15) is 4.79 Å². The van der Waals surface area contributed by atoms with E-state index in [0.717, 1.165) is 55.6 Å². The lowest BCUT2D eigenvalue weighted by Gasteiger charge is -2.59. The van der Waals surface area contributed by atoms with Crippen LogP contribution in [-0.2, 0) is 4.79 Å². The van der Waals surface area contributed by atoms with Crippen molar-refractivity contribution in [2.75, 3.05) is 13.2 Å². The average Bonchev–Trinajstić information content (AvgIpc) is 2.91. The summed E-state index contributed by atoms with van der Waals surface area (Å²) >= 11 is 0. The minimum Gasteiger partial charge on any atom is -0.395 e. The van der Waals surface area contributed by atoms with Crippen LogP contribution in [0.25, 0.3) is 0 Å². The molecule has 0 aliphatic heterocycles. The van der Waals surface area contributed by atoms with Crippen LogP contribution in [0.15, 0.2) is 0 Å². The van der Waals surface area contributed by atoms with Crippen LogP contribution in [0.5, 0.6) is 0 Å². The van der Waals surface area contributed by atoms with Gasteiger partial charge < -0.3 is 16.2 Å². The maximum Gasteiger partial charge on any atom is 0.139 e. The number of ketones is 1. The van der Waals surface area contributed by atoms with Gasteiger partial charge in [0.1, 0.15) is 5.78 Å². The fourth-order valence-corrected chi connectivity index (χ4v) is 6.85. The number of nitrogens with one attached hydrogen (secondary N) is 1. The van der Waals surface area contributed by atoms with E-state index in [1.807, 2.05) is 0 Å². The van der Waals surface area contributed by atoms with Crippen LogP contribution >= 0.6 is 0 Å². The summed E-state index contributed by atoms with van der Waals surface area (Å²) in [5.41, 5.74) is 6.25. The molecule has 0 aromatic carbocycles. The van der Waals surface area contributed by atoms with E-state index in [-0.39, 0.29) is 12.0 Å². The van der Waals surface area contributed by atoms with Crippen molar-refractivity contribution >= 4 is 11.5 Å². The van der Waals surface area contributed by atoms with Crippen molar-refractivity contribution in [3.63, 3.8) is 0 Å². The monoisotopic (exact) mass is 348 g/mol. The van der Waals surface area contributed by atoms with Crippen molar-refractivity contribution in [1.29, 1.82) is 5.41 Å². The van der Waals surface area contributed by atoms with Crippen molar-refractivity contribution in [1.82, 2.24) is 0 Å². The first kappa shape index (κ1) is 19.0. The highest BCUT2D eigenvalue weighted by molar-refractivity contribution is 5.87. The maximum atomic E-state index is 12.4. The fourth-order valence-electron chi connectivity index (χ4n) is 6.85. The molecule has 0 radical (unpaired) electrons. The van der Waals surface area contributed by atoms with Crippen LogP contribution in [-0.4, -0.2) is 29.8 Å². The number of fused-ring (bicyclic) bond motifs is 5. The van der Waals surface area contributed by atoms with E-state index in [1.165, 1.54) is 25.7 Å². The Balaban J connectivity index is 0.000000415. The van der Waals surface area contributed by atoms with E-state index in [0.29, 0.717) is 23.7 Å². The van der Waals surface area contributed by atoms with E-state index >= 15 is 0 Å². The van der Waals surface area contributed by atoms with E-state index in [4.69, 9.17) is 16.2 Å². The minimum absolute atomic E-state index is 0.0196. The quantitative estimate of drug-likeness (QED) is 0.677. The molecule has 4 fully saturated rings. The highest BCUT2D eigenvalue weighted by Crippen LogP contribution is 2.65. The standard InChI is InChI=1S/C19H29NO.C2H7NO/c1-18-9-7-13(20)11-12(18)3-4-14-15-5-6-17(21)19(15,2)10-8-16(14)18;3-1-2-4/h12,14-16,20H,3-11H2,1-2H3;4H,1-3H2/t12?,14?,15?,16?,18-,19-;/m0./s1. The normalized spacial score (nSPS) is 45.8. The van der Waals surface area contributed by atoms with Crippen LogP contribution in [0.3, 0.4) is 0 Å². The summed E-state index contributed by atoms with van der Waals surface area (Å²) < 4.78 is 0. The average molecular weight is 349 g/mol. The number of carbonyl (C=O) groups is 1. The highest BCUT2D eigenvalue weighted by atomic mass is 16.3. The third-order valence-electron chi connectivity index (χ3n) is 8.36. The molecule has 4 unspecified atom stereocenters. The zero-order chi connectivity index (χ0) is 18.2. The fraction of sp³-hybridized carbons (Fsp3) is 0.905. The third-order valence-corrected chi connectivity index (χ3v) is 8.36. The van der Waals surface area contributed by atoms with Crippen molar-refractivity contribution in [3.8, 4) is 0 Å². The predicted octanol–water partition coefficient (Wildman–Crippen LogP) is 3.56. The SMILES string of the molecule is C[C@]12CCC(=N)CC1CCC1C2CC[C@]2(C)C(=O)CCC12.NCCO. The van der Waals surface area contributed by atoms with Gasteiger partial charge in [0.15, 0.2) is 0 Å². The number of aliphatic hydroxyl groups excluding tert-OH is 1. The number of carbonyl (C=O) groups excluding carboxylic acids is 1. The molecular formula is C21H36N2O2. The van der Waals surface area contributed by atoms with Gasteiger partial charge in [-0.05, 0) is 80.5 Å². The van der Waals surface area contributed by atoms with Gasteiger partial charge in [0.2, 0.25) is 0 Å². The second kappa shape index (κ2) is 7.11. The lowest BCUT2D eigenvalue weighted by Crippen LogP contribution is -2.53. The summed E-state index contributed by atoms with van der Waals surface area (Å²) in [7, 11) is 0. The molecule has 4 nitrogen and oxygen atoms in total.